The molecule has 1 aromatic heterocycles. The van der Waals surface area contributed by atoms with Crippen LogP contribution in [0.2, 0.25) is 0 Å². The summed E-state index contributed by atoms with van der Waals surface area (Å²) in [6.07, 6.45) is 6.01. The summed E-state index contributed by atoms with van der Waals surface area (Å²) in [4.78, 5) is 34.9. The van der Waals surface area contributed by atoms with Crippen molar-refractivity contribution in [2.75, 3.05) is 55.9 Å². The van der Waals surface area contributed by atoms with E-state index in [0.717, 1.165) is 118 Å². The number of aryl methyl sites for hydroxylation is 1. The summed E-state index contributed by atoms with van der Waals surface area (Å²) in [5, 5.41) is 3.15. The molecule has 8 nitrogen and oxygen atoms in total. The van der Waals surface area contributed by atoms with E-state index in [1.165, 1.54) is 11.3 Å². The molecular weight excluding hydrogens is 552 g/mol. The Bertz CT molecular complexity index is 1540. The minimum atomic E-state index is -0.150. The minimum absolute atomic E-state index is 0.0911. The first-order chi connectivity index (χ1) is 21.4. The number of hydrogen-bond donors (Lipinski definition) is 2. The summed E-state index contributed by atoms with van der Waals surface area (Å²) >= 11 is 0. The molecule has 2 aliphatic heterocycles. The average molecular weight is 599 g/mol. The van der Waals surface area contributed by atoms with Crippen LogP contribution in [0.5, 0.6) is 0 Å². The molecule has 0 unspecified atom stereocenters. The van der Waals surface area contributed by atoms with Crippen molar-refractivity contribution in [3.8, 4) is 11.1 Å². The van der Waals surface area contributed by atoms with Crippen molar-refractivity contribution in [3.05, 3.63) is 80.3 Å². The number of ether oxygens (including phenoxy) is 2. The van der Waals surface area contributed by atoms with E-state index >= 15 is 0 Å². The normalized spacial score (nSPS) is 17.3. The molecule has 0 radical (unpaired) electrons. The fraction of sp³-hybridized carbons (Fsp3) is 0.500. The van der Waals surface area contributed by atoms with Gasteiger partial charge in [0.05, 0.1) is 13.2 Å². The lowest BCUT2D eigenvalue weighted by Gasteiger charge is -2.37. The lowest BCUT2D eigenvalue weighted by Crippen LogP contribution is -2.40. The molecule has 0 spiro atoms. The third kappa shape index (κ3) is 6.28. The number of morpholine rings is 1. The Morgan fingerprint density at radius 3 is 2.34 bits per heavy atom. The highest BCUT2D eigenvalue weighted by Crippen LogP contribution is 2.35. The van der Waals surface area contributed by atoms with E-state index in [-0.39, 0.29) is 18.0 Å². The number of anilines is 2. The van der Waals surface area contributed by atoms with Crippen molar-refractivity contribution < 1.29 is 14.3 Å². The highest BCUT2D eigenvalue weighted by atomic mass is 16.5. The van der Waals surface area contributed by atoms with Gasteiger partial charge in [0.1, 0.15) is 0 Å². The molecular formula is C36H46N4O4. The minimum Gasteiger partial charge on any atom is -0.381 e. The number of benzene rings is 2. The maximum absolute atomic E-state index is 14.0. The predicted octanol–water partition coefficient (Wildman–Crippen LogP) is 5.31. The molecule has 2 fully saturated rings. The van der Waals surface area contributed by atoms with Gasteiger partial charge in [-0.25, -0.2) is 0 Å². The fourth-order valence-corrected chi connectivity index (χ4v) is 7.27. The standard InChI is InChI=1S/C36H46N4O4/c1-4-40(29-13-17-43-18-14-29)34-22-27(26-9-11-28(12-10-26)39-15-19-44-20-16-39)21-32(24(34)2)35(41)37-23-33-31-8-6-5-7-30(31)25(3)38-36(33)42/h9-12,21-22,29H,4-8,13-20,23H2,1-3H3,(H,37,41)(H,38,42). The monoisotopic (exact) mass is 598 g/mol. The molecule has 1 amide bonds. The summed E-state index contributed by atoms with van der Waals surface area (Å²) in [7, 11) is 0. The van der Waals surface area contributed by atoms with Gasteiger partial charge in [-0.15, -0.1) is 0 Å². The number of aromatic nitrogens is 1. The number of rotatable bonds is 8. The van der Waals surface area contributed by atoms with Crippen LogP contribution >= 0.6 is 0 Å². The molecule has 3 aliphatic rings. The van der Waals surface area contributed by atoms with Gasteiger partial charge < -0.3 is 29.6 Å². The first-order valence-electron chi connectivity index (χ1n) is 16.4. The number of nitrogens with one attached hydrogen (secondary N) is 2. The van der Waals surface area contributed by atoms with Crippen LogP contribution in [0.3, 0.4) is 0 Å². The van der Waals surface area contributed by atoms with E-state index in [9.17, 15) is 9.59 Å². The highest BCUT2D eigenvalue weighted by molar-refractivity contribution is 5.99. The fourth-order valence-electron chi connectivity index (χ4n) is 7.27. The van der Waals surface area contributed by atoms with Crippen LogP contribution in [0.15, 0.2) is 41.2 Å². The van der Waals surface area contributed by atoms with E-state index in [1.807, 2.05) is 13.0 Å². The zero-order chi connectivity index (χ0) is 30.6. The van der Waals surface area contributed by atoms with Gasteiger partial charge in [0, 0.05) is 73.6 Å². The molecule has 2 aromatic carbocycles. The summed E-state index contributed by atoms with van der Waals surface area (Å²) < 4.78 is 11.2. The van der Waals surface area contributed by atoms with E-state index in [4.69, 9.17) is 9.47 Å². The molecule has 3 aromatic rings. The number of amides is 1. The lowest BCUT2D eigenvalue weighted by molar-refractivity contribution is 0.0846. The molecule has 234 valence electrons. The quantitative estimate of drug-likeness (QED) is 0.366. The van der Waals surface area contributed by atoms with Crippen LogP contribution in [0.1, 0.15) is 70.9 Å². The molecule has 8 heteroatoms. The Kier molecular flexibility index (Phi) is 9.38. The second kappa shape index (κ2) is 13.6. The van der Waals surface area contributed by atoms with Crippen LogP contribution in [0.25, 0.3) is 11.1 Å². The number of fused-ring (bicyclic) bond motifs is 1. The van der Waals surface area contributed by atoms with Gasteiger partial charge >= 0.3 is 0 Å². The summed E-state index contributed by atoms with van der Waals surface area (Å²) in [5.41, 5.74) is 9.91. The second-order valence-corrected chi connectivity index (χ2v) is 12.3. The van der Waals surface area contributed by atoms with Crippen LogP contribution in [0.4, 0.5) is 11.4 Å². The van der Waals surface area contributed by atoms with Crippen molar-refractivity contribution >= 4 is 17.3 Å². The van der Waals surface area contributed by atoms with Gasteiger partial charge in [0.2, 0.25) is 0 Å². The molecule has 3 heterocycles. The van der Waals surface area contributed by atoms with Gasteiger partial charge in [0.15, 0.2) is 0 Å². The van der Waals surface area contributed by atoms with Crippen molar-refractivity contribution in [1.82, 2.24) is 10.3 Å². The highest BCUT2D eigenvalue weighted by Gasteiger charge is 2.26. The first-order valence-corrected chi connectivity index (χ1v) is 16.4. The number of nitrogens with zero attached hydrogens (tertiary/aromatic N) is 2. The van der Waals surface area contributed by atoms with Crippen molar-refractivity contribution in [2.24, 2.45) is 0 Å². The Morgan fingerprint density at radius 2 is 1.64 bits per heavy atom. The number of hydrogen-bond acceptors (Lipinski definition) is 6. The molecule has 0 saturated carbocycles. The predicted molar refractivity (Wildman–Crippen MR) is 176 cm³/mol. The Morgan fingerprint density at radius 1 is 0.955 bits per heavy atom. The van der Waals surface area contributed by atoms with Gasteiger partial charge in [-0.3, -0.25) is 9.59 Å². The van der Waals surface area contributed by atoms with Gasteiger partial charge in [-0.2, -0.15) is 0 Å². The number of H-pyrrole nitrogens is 1. The molecule has 0 atom stereocenters. The van der Waals surface area contributed by atoms with Gasteiger partial charge in [-0.05, 0) is 111 Å². The van der Waals surface area contributed by atoms with E-state index in [2.05, 4.69) is 64.3 Å². The van der Waals surface area contributed by atoms with Gasteiger partial charge in [-0.1, -0.05) is 12.1 Å². The van der Waals surface area contributed by atoms with Crippen molar-refractivity contribution in [2.45, 2.75) is 71.9 Å². The summed E-state index contributed by atoms with van der Waals surface area (Å²) in [6, 6.07) is 13.3. The largest absolute Gasteiger partial charge is 0.381 e. The van der Waals surface area contributed by atoms with E-state index in [1.54, 1.807) is 0 Å². The smallest absolute Gasteiger partial charge is 0.253 e. The lowest BCUT2D eigenvalue weighted by atomic mass is 9.88. The number of carbonyl (C=O) groups excluding carboxylic acids is 1. The van der Waals surface area contributed by atoms with E-state index < -0.39 is 0 Å². The maximum atomic E-state index is 14.0. The molecule has 44 heavy (non-hydrogen) atoms. The topological polar surface area (TPSA) is 86.9 Å². The van der Waals surface area contributed by atoms with Crippen LogP contribution in [-0.2, 0) is 28.9 Å². The SMILES string of the molecule is CCN(c1cc(-c2ccc(N3CCOCC3)cc2)cc(C(=O)NCc2c3c(c(C)[nH]c2=O)CCCC3)c1C)C1CCOCC1. The molecule has 1 aliphatic carbocycles. The third-order valence-electron chi connectivity index (χ3n) is 9.77. The zero-order valence-corrected chi connectivity index (χ0v) is 26.5. The molecule has 0 bridgehead atoms. The van der Waals surface area contributed by atoms with Crippen LogP contribution < -0.4 is 20.7 Å². The molecule has 2 saturated heterocycles. The zero-order valence-electron chi connectivity index (χ0n) is 26.5. The Balaban J connectivity index is 1.34. The number of carbonyl (C=O) groups is 1. The third-order valence-corrected chi connectivity index (χ3v) is 9.77. The number of pyridine rings is 1. The maximum Gasteiger partial charge on any atom is 0.253 e. The Hall–Kier alpha value is -3.62. The van der Waals surface area contributed by atoms with Gasteiger partial charge in [0.25, 0.3) is 11.5 Å². The van der Waals surface area contributed by atoms with E-state index in [0.29, 0.717) is 17.2 Å². The van der Waals surface area contributed by atoms with Crippen LogP contribution in [-0.4, -0.2) is 63.0 Å². The van der Waals surface area contributed by atoms with Crippen molar-refractivity contribution in [1.29, 1.82) is 0 Å². The molecule has 2 N–H and O–H groups in total. The Labute approximate surface area is 260 Å². The average Bonchev–Trinajstić information content (AvgIpc) is 3.06. The second-order valence-electron chi connectivity index (χ2n) is 12.3. The summed E-state index contributed by atoms with van der Waals surface area (Å²) in [5.74, 6) is -0.150. The van der Waals surface area contributed by atoms with Crippen LogP contribution in [0, 0.1) is 13.8 Å². The van der Waals surface area contributed by atoms with Crippen molar-refractivity contribution in [3.63, 3.8) is 0 Å². The first kappa shape index (κ1) is 30.4. The number of aromatic amines is 1. The summed E-state index contributed by atoms with van der Waals surface area (Å²) in [6.45, 7) is 12.1. The molecule has 6 rings (SSSR count).